The Balaban J connectivity index is 1.77. The molecule has 2 aromatic carbocycles. The lowest BCUT2D eigenvalue weighted by molar-refractivity contribution is -0.124. The van der Waals surface area contributed by atoms with E-state index in [1.165, 1.54) is 9.80 Å². The van der Waals surface area contributed by atoms with Crippen LogP contribution in [0.15, 0.2) is 48.5 Å². The topological polar surface area (TPSA) is 79.0 Å². The maximum atomic E-state index is 13.3. The van der Waals surface area contributed by atoms with Crippen LogP contribution in [0.1, 0.15) is 39.2 Å². The SMILES string of the molecule is CCOc1ccc(NC(=O)C[C@@H]2C(=O)N(c3cccc(C)c3)C(=O)N2CCC(C)C)cc1. The molecule has 7 heteroatoms. The molecule has 1 N–H and O–H groups in total. The van der Waals surface area contributed by atoms with Crippen molar-refractivity contribution in [2.24, 2.45) is 5.92 Å². The highest BCUT2D eigenvalue weighted by Crippen LogP contribution is 2.28. The van der Waals surface area contributed by atoms with E-state index < -0.39 is 6.04 Å². The Morgan fingerprint density at radius 2 is 1.84 bits per heavy atom. The second-order valence-electron chi connectivity index (χ2n) is 8.40. The lowest BCUT2D eigenvalue weighted by atomic mass is 10.1. The van der Waals surface area contributed by atoms with E-state index in [-0.39, 0.29) is 24.3 Å². The lowest BCUT2D eigenvalue weighted by Crippen LogP contribution is -2.39. The molecular formula is C25H31N3O4. The van der Waals surface area contributed by atoms with Crippen molar-refractivity contribution >= 4 is 29.2 Å². The van der Waals surface area contributed by atoms with Gasteiger partial charge < -0.3 is 15.0 Å². The standard InChI is InChI=1S/C25H31N3O4/c1-5-32-21-11-9-19(10-12-21)26-23(29)16-22-24(30)28(20-8-6-7-18(4)15-20)25(31)27(22)14-13-17(2)3/h6-12,15,17,22H,5,13-14,16H2,1-4H3,(H,26,29)/t22-/m1/s1. The van der Waals surface area contributed by atoms with Crippen LogP contribution in [0.4, 0.5) is 16.2 Å². The molecule has 170 valence electrons. The molecule has 0 aliphatic carbocycles. The van der Waals surface area contributed by atoms with Crippen molar-refractivity contribution in [2.75, 3.05) is 23.4 Å². The summed E-state index contributed by atoms with van der Waals surface area (Å²) in [4.78, 5) is 41.9. The zero-order chi connectivity index (χ0) is 23.3. The van der Waals surface area contributed by atoms with Crippen LogP contribution >= 0.6 is 0 Å². The predicted octanol–water partition coefficient (Wildman–Crippen LogP) is 4.61. The van der Waals surface area contributed by atoms with Gasteiger partial charge in [0.1, 0.15) is 11.8 Å². The second kappa shape index (κ2) is 10.3. The van der Waals surface area contributed by atoms with Gasteiger partial charge in [0, 0.05) is 12.2 Å². The summed E-state index contributed by atoms with van der Waals surface area (Å²) in [6.45, 7) is 8.93. The summed E-state index contributed by atoms with van der Waals surface area (Å²) >= 11 is 0. The fourth-order valence-electron chi connectivity index (χ4n) is 3.68. The molecule has 7 nitrogen and oxygen atoms in total. The maximum Gasteiger partial charge on any atom is 0.332 e. The Hall–Kier alpha value is -3.35. The Kier molecular flexibility index (Phi) is 7.51. The molecule has 4 amide bonds. The number of carbonyl (C=O) groups is 3. The van der Waals surface area contributed by atoms with Crippen LogP contribution in [-0.4, -0.2) is 41.9 Å². The van der Waals surface area contributed by atoms with Crippen LogP contribution < -0.4 is 15.0 Å². The van der Waals surface area contributed by atoms with Crippen molar-refractivity contribution in [3.05, 3.63) is 54.1 Å². The third kappa shape index (κ3) is 5.46. The number of hydrogen-bond donors (Lipinski definition) is 1. The summed E-state index contributed by atoms with van der Waals surface area (Å²) in [6, 6.07) is 13.1. The van der Waals surface area contributed by atoms with Gasteiger partial charge in [0.05, 0.1) is 18.7 Å². The molecule has 0 radical (unpaired) electrons. The van der Waals surface area contributed by atoms with Gasteiger partial charge in [0.2, 0.25) is 5.91 Å². The summed E-state index contributed by atoms with van der Waals surface area (Å²) in [7, 11) is 0. The van der Waals surface area contributed by atoms with Gasteiger partial charge in [-0.25, -0.2) is 9.69 Å². The largest absolute Gasteiger partial charge is 0.494 e. The average molecular weight is 438 g/mol. The number of carbonyl (C=O) groups excluding carboxylic acids is 3. The average Bonchev–Trinajstić information content (AvgIpc) is 2.97. The van der Waals surface area contributed by atoms with Gasteiger partial charge in [-0.05, 0) is 68.1 Å². The Bertz CT molecular complexity index is 971. The number of benzene rings is 2. The van der Waals surface area contributed by atoms with E-state index in [0.29, 0.717) is 30.4 Å². The maximum absolute atomic E-state index is 13.3. The molecular weight excluding hydrogens is 406 g/mol. The molecule has 0 bridgehead atoms. The number of ether oxygens (including phenoxy) is 1. The second-order valence-corrected chi connectivity index (χ2v) is 8.40. The van der Waals surface area contributed by atoms with Crippen molar-refractivity contribution in [3.8, 4) is 5.75 Å². The Morgan fingerprint density at radius 1 is 1.12 bits per heavy atom. The minimum atomic E-state index is -0.829. The molecule has 1 atom stereocenters. The van der Waals surface area contributed by atoms with Gasteiger partial charge in [-0.1, -0.05) is 26.0 Å². The molecule has 0 aromatic heterocycles. The van der Waals surface area contributed by atoms with Crippen molar-refractivity contribution in [3.63, 3.8) is 0 Å². The fraction of sp³-hybridized carbons (Fsp3) is 0.400. The van der Waals surface area contributed by atoms with Gasteiger partial charge >= 0.3 is 6.03 Å². The van der Waals surface area contributed by atoms with E-state index in [1.807, 2.05) is 26.0 Å². The highest BCUT2D eigenvalue weighted by molar-refractivity contribution is 6.22. The number of nitrogens with one attached hydrogen (secondary N) is 1. The van der Waals surface area contributed by atoms with Gasteiger partial charge in [-0.3, -0.25) is 9.59 Å². The number of aryl methyl sites for hydroxylation is 1. The summed E-state index contributed by atoms with van der Waals surface area (Å²) in [5.74, 6) is 0.395. The van der Waals surface area contributed by atoms with Crippen LogP contribution in [0, 0.1) is 12.8 Å². The Labute approximate surface area is 189 Å². The molecule has 0 spiro atoms. The van der Waals surface area contributed by atoms with E-state index in [0.717, 1.165) is 17.7 Å². The molecule has 2 aromatic rings. The summed E-state index contributed by atoms with van der Waals surface area (Å²) in [5, 5.41) is 2.82. The van der Waals surface area contributed by atoms with E-state index in [1.54, 1.807) is 36.4 Å². The minimum absolute atomic E-state index is 0.0990. The van der Waals surface area contributed by atoms with Crippen molar-refractivity contribution < 1.29 is 19.1 Å². The monoisotopic (exact) mass is 437 g/mol. The smallest absolute Gasteiger partial charge is 0.332 e. The quantitative estimate of drug-likeness (QED) is 0.581. The van der Waals surface area contributed by atoms with Crippen LogP contribution in [0.3, 0.4) is 0 Å². The summed E-state index contributed by atoms with van der Waals surface area (Å²) in [6.07, 6.45) is 0.649. The van der Waals surface area contributed by atoms with Crippen molar-refractivity contribution in [2.45, 2.75) is 46.6 Å². The number of nitrogens with zero attached hydrogens (tertiary/aromatic N) is 2. The molecule has 0 unspecified atom stereocenters. The van der Waals surface area contributed by atoms with Crippen LogP contribution in [0.2, 0.25) is 0 Å². The van der Waals surface area contributed by atoms with Crippen LogP contribution in [-0.2, 0) is 9.59 Å². The number of urea groups is 1. The number of amides is 4. The van der Waals surface area contributed by atoms with Gasteiger partial charge in [-0.15, -0.1) is 0 Å². The zero-order valence-electron chi connectivity index (χ0n) is 19.1. The molecule has 1 saturated heterocycles. The molecule has 3 rings (SSSR count). The third-order valence-corrected chi connectivity index (χ3v) is 5.35. The number of rotatable bonds is 9. The van der Waals surface area contributed by atoms with E-state index >= 15 is 0 Å². The summed E-state index contributed by atoms with van der Waals surface area (Å²) < 4.78 is 5.41. The van der Waals surface area contributed by atoms with Gasteiger partial charge in [0.15, 0.2) is 0 Å². The zero-order valence-corrected chi connectivity index (χ0v) is 19.1. The Morgan fingerprint density at radius 3 is 2.47 bits per heavy atom. The third-order valence-electron chi connectivity index (χ3n) is 5.35. The van der Waals surface area contributed by atoms with Gasteiger partial charge in [0.25, 0.3) is 5.91 Å². The lowest BCUT2D eigenvalue weighted by Gasteiger charge is -2.22. The van der Waals surface area contributed by atoms with Gasteiger partial charge in [-0.2, -0.15) is 0 Å². The number of anilines is 2. The van der Waals surface area contributed by atoms with E-state index in [2.05, 4.69) is 19.2 Å². The van der Waals surface area contributed by atoms with E-state index in [4.69, 9.17) is 4.74 Å². The van der Waals surface area contributed by atoms with Crippen molar-refractivity contribution in [1.82, 2.24) is 4.90 Å². The first-order chi connectivity index (χ1) is 15.3. The predicted molar refractivity (Wildman–Crippen MR) is 125 cm³/mol. The first-order valence-electron chi connectivity index (χ1n) is 11.0. The van der Waals surface area contributed by atoms with Crippen LogP contribution in [0.5, 0.6) is 5.75 Å². The molecule has 0 saturated carbocycles. The molecule has 1 fully saturated rings. The number of imide groups is 1. The highest BCUT2D eigenvalue weighted by Gasteiger charge is 2.46. The fourth-order valence-corrected chi connectivity index (χ4v) is 3.68. The first-order valence-corrected chi connectivity index (χ1v) is 11.0. The van der Waals surface area contributed by atoms with E-state index in [9.17, 15) is 14.4 Å². The van der Waals surface area contributed by atoms with Crippen molar-refractivity contribution in [1.29, 1.82) is 0 Å². The summed E-state index contributed by atoms with van der Waals surface area (Å²) in [5.41, 5.74) is 2.09. The molecule has 1 aliphatic heterocycles. The minimum Gasteiger partial charge on any atom is -0.494 e. The van der Waals surface area contributed by atoms with Crippen LogP contribution in [0.25, 0.3) is 0 Å². The highest BCUT2D eigenvalue weighted by atomic mass is 16.5. The number of hydrogen-bond acceptors (Lipinski definition) is 4. The first kappa shape index (κ1) is 23.3. The normalized spacial score (nSPS) is 16.1. The molecule has 1 heterocycles. The molecule has 32 heavy (non-hydrogen) atoms. The molecule has 1 aliphatic rings.